The van der Waals surface area contributed by atoms with Crippen molar-refractivity contribution in [1.29, 1.82) is 0 Å². The van der Waals surface area contributed by atoms with Gasteiger partial charge in [-0.05, 0) is 55.3 Å². The summed E-state index contributed by atoms with van der Waals surface area (Å²) < 4.78 is 1.96. The van der Waals surface area contributed by atoms with Crippen LogP contribution in [0.3, 0.4) is 0 Å². The second-order valence-corrected chi connectivity index (χ2v) is 8.31. The van der Waals surface area contributed by atoms with E-state index in [1.165, 1.54) is 38.5 Å². The second-order valence-electron chi connectivity index (χ2n) is 7.27. The van der Waals surface area contributed by atoms with E-state index in [1.54, 1.807) is 0 Å². The molecule has 2 unspecified atom stereocenters. The number of carbonyl (C=O) groups is 1. The molecule has 0 saturated heterocycles. The van der Waals surface area contributed by atoms with Gasteiger partial charge in [0, 0.05) is 0 Å². The largest absolute Gasteiger partial charge is 0.281 e. The van der Waals surface area contributed by atoms with E-state index in [1.807, 2.05) is 3.11 Å². The van der Waals surface area contributed by atoms with Gasteiger partial charge in [0.1, 0.15) is 0 Å². The van der Waals surface area contributed by atoms with Crippen molar-refractivity contribution < 1.29 is 4.79 Å². The SMILES string of the molecule is CC12CC3CC(C)(C1)CC(N(I)C=O)(C3)C2. The van der Waals surface area contributed by atoms with Crippen molar-refractivity contribution in [3.63, 3.8) is 0 Å². The molecule has 0 heterocycles. The third-order valence-corrected chi connectivity index (χ3v) is 6.39. The average Bonchev–Trinajstić information content (AvgIpc) is 2.10. The fraction of sp³-hybridized carbons (Fsp3) is 0.923. The number of hydrogen-bond donors (Lipinski definition) is 0. The molecule has 3 heteroatoms. The molecule has 4 rings (SSSR count). The Morgan fingerprint density at radius 3 is 2.12 bits per heavy atom. The van der Waals surface area contributed by atoms with E-state index in [9.17, 15) is 4.79 Å². The van der Waals surface area contributed by atoms with Crippen LogP contribution in [-0.2, 0) is 4.79 Å². The van der Waals surface area contributed by atoms with Crippen LogP contribution in [0.25, 0.3) is 0 Å². The van der Waals surface area contributed by atoms with E-state index >= 15 is 0 Å². The molecule has 4 aliphatic rings. The summed E-state index contributed by atoms with van der Waals surface area (Å²) in [4.78, 5) is 11.1. The number of halogens is 1. The Hall–Kier alpha value is 0.200. The summed E-state index contributed by atoms with van der Waals surface area (Å²) >= 11 is 2.23. The van der Waals surface area contributed by atoms with E-state index in [0.29, 0.717) is 10.8 Å². The molecule has 0 aromatic carbocycles. The molecule has 4 aliphatic carbocycles. The third kappa shape index (κ3) is 1.46. The summed E-state index contributed by atoms with van der Waals surface area (Å²) in [5, 5.41) is 0. The molecule has 0 aliphatic heterocycles. The molecule has 0 N–H and O–H groups in total. The number of amides is 1. The predicted octanol–water partition coefficient (Wildman–Crippen LogP) is 3.54. The molecule has 0 radical (unpaired) electrons. The van der Waals surface area contributed by atoms with Crippen molar-refractivity contribution in [2.45, 2.75) is 57.9 Å². The first-order chi connectivity index (χ1) is 7.39. The molecule has 4 fully saturated rings. The summed E-state index contributed by atoms with van der Waals surface area (Å²) in [7, 11) is 0. The Bertz CT molecular complexity index is 325. The van der Waals surface area contributed by atoms with Crippen LogP contribution in [0.15, 0.2) is 0 Å². The Morgan fingerprint density at radius 2 is 1.69 bits per heavy atom. The molecule has 4 bridgehead atoms. The fourth-order valence-electron chi connectivity index (χ4n) is 5.74. The van der Waals surface area contributed by atoms with Crippen LogP contribution in [0.4, 0.5) is 0 Å². The maximum absolute atomic E-state index is 11.1. The first kappa shape index (κ1) is 11.3. The van der Waals surface area contributed by atoms with Gasteiger partial charge in [-0.25, -0.2) is 0 Å². The highest BCUT2D eigenvalue weighted by molar-refractivity contribution is 14.1. The normalized spacial score (nSPS) is 54.1. The molecule has 16 heavy (non-hydrogen) atoms. The lowest BCUT2D eigenvalue weighted by molar-refractivity contribution is -0.146. The minimum Gasteiger partial charge on any atom is -0.281 e. The fourth-order valence-corrected chi connectivity index (χ4v) is 6.28. The lowest BCUT2D eigenvalue weighted by Gasteiger charge is -2.66. The smallest absolute Gasteiger partial charge is 0.218 e. The number of hydrogen-bond acceptors (Lipinski definition) is 1. The highest BCUT2D eigenvalue weighted by atomic mass is 127. The number of rotatable bonds is 2. The molecule has 0 aromatic rings. The van der Waals surface area contributed by atoms with Gasteiger partial charge in [0.05, 0.1) is 28.4 Å². The summed E-state index contributed by atoms with van der Waals surface area (Å²) in [6, 6.07) is 0. The standard InChI is InChI=1S/C13H20INO/c1-11-3-10-4-12(2,6-11)8-13(5-10,7-11)15(14)9-16/h9-10H,3-8H2,1-2H3. The zero-order valence-electron chi connectivity index (χ0n) is 10.1. The molecule has 0 spiro atoms. The Morgan fingerprint density at radius 1 is 1.12 bits per heavy atom. The van der Waals surface area contributed by atoms with Gasteiger partial charge in [0.2, 0.25) is 6.41 Å². The van der Waals surface area contributed by atoms with Gasteiger partial charge in [-0.1, -0.05) is 13.8 Å². The zero-order valence-corrected chi connectivity index (χ0v) is 12.3. The summed E-state index contributed by atoms with van der Waals surface area (Å²) in [6.45, 7) is 4.89. The first-order valence-electron chi connectivity index (χ1n) is 6.29. The Labute approximate surface area is 112 Å². The zero-order chi connectivity index (χ0) is 11.6. The minimum absolute atomic E-state index is 0.186. The van der Waals surface area contributed by atoms with Crippen LogP contribution in [0.2, 0.25) is 0 Å². The molecule has 1 amide bonds. The maximum atomic E-state index is 11.1. The van der Waals surface area contributed by atoms with Crippen LogP contribution in [0, 0.1) is 16.7 Å². The average molecular weight is 333 g/mol. The Balaban J connectivity index is 2.01. The molecule has 2 nitrogen and oxygen atoms in total. The van der Waals surface area contributed by atoms with Crippen LogP contribution in [-0.4, -0.2) is 15.1 Å². The molecular weight excluding hydrogens is 313 g/mol. The molecule has 0 aromatic heterocycles. The van der Waals surface area contributed by atoms with Crippen molar-refractivity contribution in [2.24, 2.45) is 16.7 Å². The number of carbonyl (C=O) groups excluding carboxylic acids is 1. The van der Waals surface area contributed by atoms with Gasteiger partial charge in [-0.15, -0.1) is 0 Å². The van der Waals surface area contributed by atoms with Gasteiger partial charge < -0.3 is 0 Å². The van der Waals surface area contributed by atoms with Crippen molar-refractivity contribution in [3.8, 4) is 0 Å². The molecular formula is C13H20INO. The van der Waals surface area contributed by atoms with Crippen LogP contribution < -0.4 is 0 Å². The van der Waals surface area contributed by atoms with Crippen molar-refractivity contribution in [1.82, 2.24) is 3.11 Å². The highest BCUT2D eigenvalue weighted by Gasteiger charge is 2.61. The molecule has 90 valence electrons. The maximum Gasteiger partial charge on any atom is 0.218 e. The first-order valence-corrected chi connectivity index (χ1v) is 7.26. The van der Waals surface area contributed by atoms with E-state index in [2.05, 4.69) is 36.7 Å². The van der Waals surface area contributed by atoms with Gasteiger partial charge in [0.25, 0.3) is 0 Å². The van der Waals surface area contributed by atoms with Crippen molar-refractivity contribution >= 4 is 29.3 Å². The number of nitrogens with zero attached hydrogens (tertiary/aromatic N) is 1. The Kier molecular flexibility index (Phi) is 2.22. The van der Waals surface area contributed by atoms with Crippen LogP contribution in [0.5, 0.6) is 0 Å². The van der Waals surface area contributed by atoms with E-state index in [-0.39, 0.29) is 5.54 Å². The highest BCUT2D eigenvalue weighted by Crippen LogP contribution is 2.67. The lowest BCUT2D eigenvalue weighted by atomic mass is 9.43. The minimum atomic E-state index is 0.186. The van der Waals surface area contributed by atoms with Gasteiger partial charge in [-0.3, -0.25) is 7.91 Å². The van der Waals surface area contributed by atoms with Gasteiger partial charge in [0.15, 0.2) is 0 Å². The van der Waals surface area contributed by atoms with Crippen molar-refractivity contribution in [2.75, 3.05) is 0 Å². The van der Waals surface area contributed by atoms with Crippen molar-refractivity contribution in [3.05, 3.63) is 0 Å². The van der Waals surface area contributed by atoms with E-state index in [0.717, 1.165) is 12.3 Å². The monoisotopic (exact) mass is 333 g/mol. The molecule has 4 saturated carbocycles. The van der Waals surface area contributed by atoms with Crippen LogP contribution in [0.1, 0.15) is 52.4 Å². The van der Waals surface area contributed by atoms with Gasteiger partial charge >= 0.3 is 0 Å². The molecule has 2 atom stereocenters. The summed E-state index contributed by atoms with van der Waals surface area (Å²) in [5.74, 6) is 0.864. The quantitative estimate of drug-likeness (QED) is 0.430. The topological polar surface area (TPSA) is 20.3 Å². The third-order valence-electron chi connectivity index (χ3n) is 5.14. The summed E-state index contributed by atoms with van der Waals surface area (Å²) in [5.41, 5.74) is 1.19. The van der Waals surface area contributed by atoms with E-state index < -0.39 is 0 Å². The van der Waals surface area contributed by atoms with Gasteiger partial charge in [-0.2, -0.15) is 0 Å². The predicted molar refractivity (Wildman–Crippen MR) is 72.1 cm³/mol. The van der Waals surface area contributed by atoms with Crippen LogP contribution >= 0.6 is 22.9 Å². The van der Waals surface area contributed by atoms with E-state index in [4.69, 9.17) is 0 Å². The lowest BCUT2D eigenvalue weighted by Crippen LogP contribution is -2.62. The second kappa shape index (κ2) is 3.15. The summed E-state index contributed by atoms with van der Waals surface area (Å²) in [6.07, 6.45) is 8.92.